The number of ether oxygens (including phenoxy) is 2. The maximum atomic E-state index is 13.2. The highest BCUT2D eigenvalue weighted by atomic mass is 32.7. The molecule has 0 aliphatic rings. The molecule has 0 radical (unpaired) electrons. The fourth-order valence-electron chi connectivity index (χ4n) is 1.88. The molecule has 25 heavy (non-hydrogen) atoms. The molecule has 0 heterocycles. The first-order valence-corrected chi connectivity index (χ1v) is 12.5. The zero-order valence-corrected chi connectivity index (χ0v) is 17.8. The van der Waals surface area contributed by atoms with Crippen molar-refractivity contribution in [2.45, 2.75) is 45.6 Å². The van der Waals surface area contributed by atoms with E-state index in [2.05, 4.69) is 9.82 Å². The largest absolute Gasteiger partial charge is 0.469 e. The van der Waals surface area contributed by atoms with Gasteiger partial charge in [-0.05, 0) is 12.8 Å². The fourth-order valence-corrected chi connectivity index (χ4v) is 7.81. The number of hydrogen-bond acceptors (Lipinski definition) is 8. The van der Waals surface area contributed by atoms with Crippen LogP contribution in [0.4, 0.5) is 0 Å². The number of carbonyl (C=O) groups excluding carboxylic acids is 3. The van der Waals surface area contributed by atoms with E-state index < -0.39 is 24.5 Å². The summed E-state index contributed by atoms with van der Waals surface area (Å²) in [6.45, 7) is 0.588. The monoisotopic (exact) mass is 413 g/mol. The van der Waals surface area contributed by atoms with Crippen molar-refractivity contribution in [2.24, 2.45) is 0 Å². The summed E-state index contributed by atoms with van der Waals surface area (Å²) < 4.78 is 22.5. The zero-order chi connectivity index (χ0) is 19.3. The van der Waals surface area contributed by atoms with Crippen LogP contribution in [0.15, 0.2) is 0 Å². The summed E-state index contributed by atoms with van der Waals surface area (Å²) in [6, 6.07) is -0.834. The molecule has 0 aromatic rings. The molecule has 2 atom stereocenters. The molecule has 7 nitrogen and oxygen atoms in total. The van der Waals surface area contributed by atoms with Crippen molar-refractivity contribution in [3.05, 3.63) is 0 Å². The minimum atomic E-state index is -2.90. The van der Waals surface area contributed by atoms with Crippen molar-refractivity contribution < 1.29 is 28.4 Å². The third-order valence-corrected chi connectivity index (χ3v) is 9.35. The van der Waals surface area contributed by atoms with Crippen LogP contribution in [0.2, 0.25) is 0 Å². The quantitative estimate of drug-likeness (QED) is 0.277. The molecule has 146 valence electrons. The molecule has 0 fully saturated rings. The summed E-state index contributed by atoms with van der Waals surface area (Å²) in [5.41, 5.74) is 0. The average Bonchev–Trinajstić information content (AvgIpc) is 2.59. The van der Waals surface area contributed by atoms with Crippen molar-refractivity contribution in [1.82, 2.24) is 5.09 Å². The first kappa shape index (κ1) is 24.5. The minimum Gasteiger partial charge on any atom is -0.469 e. The molecule has 0 aliphatic carbocycles. The van der Waals surface area contributed by atoms with Gasteiger partial charge in [-0.15, -0.1) is 0 Å². The second kappa shape index (κ2) is 13.7. The molecule has 0 amide bonds. The van der Waals surface area contributed by atoms with Crippen LogP contribution in [0.5, 0.6) is 0 Å². The molecule has 0 aliphatic heterocycles. The molecule has 0 bridgehead atoms. The van der Waals surface area contributed by atoms with Gasteiger partial charge in [-0.1, -0.05) is 36.5 Å². The highest BCUT2D eigenvalue weighted by Gasteiger charge is 2.30. The number of thioether (sulfide) groups is 1. The maximum absolute atomic E-state index is 13.2. The molecule has 1 unspecified atom stereocenters. The van der Waals surface area contributed by atoms with Gasteiger partial charge in [-0.2, -0.15) is 0 Å². The van der Waals surface area contributed by atoms with E-state index in [-0.39, 0.29) is 18.0 Å². The summed E-state index contributed by atoms with van der Waals surface area (Å²) in [6.07, 6.45) is 2.24. The molecule has 10 heteroatoms. The lowest BCUT2D eigenvalue weighted by atomic mass is 10.2. The summed E-state index contributed by atoms with van der Waals surface area (Å²) in [4.78, 5) is 34.3. The van der Waals surface area contributed by atoms with Gasteiger partial charge in [-0.3, -0.25) is 18.9 Å². The van der Waals surface area contributed by atoms with Crippen molar-refractivity contribution in [3.63, 3.8) is 0 Å². The van der Waals surface area contributed by atoms with Crippen molar-refractivity contribution in [1.29, 1.82) is 0 Å². The molecule has 0 aromatic carbocycles. The van der Waals surface area contributed by atoms with Gasteiger partial charge in [-0.25, -0.2) is 5.09 Å². The molecule has 0 aromatic heterocycles. The lowest BCUT2D eigenvalue weighted by molar-refractivity contribution is -0.144. The molecular formula is C15H28NO6PS2. The second-order valence-electron chi connectivity index (χ2n) is 5.24. The summed E-state index contributed by atoms with van der Waals surface area (Å²) in [5, 5.41) is 2.94. The van der Waals surface area contributed by atoms with Crippen LogP contribution in [0, 0.1) is 0 Å². The van der Waals surface area contributed by atoms with E-state index >= 15 is 0 Å². The Hall–Kier alpha value is -0.500. The Morgan fingerprint density at radius 3 is 2.36 bits per heavy atom. The number of esters is 2. The third kappa shape index (κ3) is 11.7. The first-order valence-electron chi connectivity index (χ1n) is 8.07. The van der Waals surface area contributed by atoms with E-state index in [0.29, 0.717) is 17.7 Å². The minimum absolute atomic E-state index is 0.0162. The van der Waals surface area contributed by atoms with E-state index in [1.54, 1.807) is 0 Å². The SMILES string of the molecule is CCCCP(=O)(N[C@@H](CCC(=O)OC)C(=O)OC)SCCSC(C)=O. The number of carbonyl (C=O) groups is 3. The Morgan fingerprint density at radius 1 is 1.16 bits per heavy atom. The second-order valence-corrected chi connectivity index (χ2v) is 11.8. The molecular weight excluding hydrogens is 385 g/mol. The van der Waals surface area contributed by atoms with E-state index in [0.717, 1.165) is 12.8 Å². The number of unbranched alkanes of at least 4 members (excludes halogenated alkanes) is 1. The van der Waals surface area contributed by atoms with Crippen LogP contribution in [0.3, 0.4) is 0 Å². The molecule has 0 saturated carbocycles. The predicted molar refractivity (Wildman–Crippen MR) is 103 cm³/mol. The van der Waals surface area contributed by atoms with E-state index in [4.69, 9.17) is 4.74 Å². The molecule has 0 spiro atoms. The number of rotatable bonds is 13. The Labute approximate surface area is 157 Å². The predicted octanol–water partition coefficient (Wildman–Crippen LogP) is 3.08. The van der Waals surface area contributed by atoms with Gasteiger partial charge < -0.3 is 9.47 Å². The first-order chi connectivity index (χ1) is 11.8. The number of methoxy groups -OCH3 is 2. The smallest absolute Gasteiger partial charge is 0.323 e. The van der Waals surface area contributed by atoms with Crippen LogP contribution in [-0.4, -0.2) is 55.0 Å². The van der Waals surface area contributed by atoms with E-state index in [1.807, 2.05) is 6.92 Å². The fraction of sp³-hybridized carbons (Fsp3) is 0.800. The van der Waals surface area contributed by atoms with E-state index in [9.17, 15) is 18.9 Å². The molecule has 0 saturated heterocycles. The zero-order valence-electron chi connectivity index (χ0n) is 15.2. The Balaban J connectivity index is 4.91. The van der Waals surface area contributed by atoms with Crippen molar-refractivity contribution >= 4 is 46.7 Å². The normalized spacial score (nSPS) is 14.4. The lowest BCUT2D eigenvalue weighted by Crippen LogP contribution is -2.36. The summed E-state index contributed by atoms with van der Waals surface area (Å²) >= 11 is 2.43. The Bertz CT molecular complexity index is 489. The maximum Gasteiger partial charge on any atom is 0.323 e. The van der Waals surface area contributed by atoms with Crippen LogP contribution >= 0.6 is 29.6 Å². The van der Waals surface area contributed by atoms with Gasteiger partial charge in [0, 0.05) is 31.0 Å². The van der Waals surface area contributed by atoms with Gasteiger partial charge in [0.15, 0.2) is 5.12 Å². The van der Waals surface area contributed by atoms with Gasteiger partial charge in [0.25, 0.3) is 0 Å². The standard InChI is InChI=1S/C15H28NO6PS2/c1-5-6-9-23(20,25-11-10-24-12(2)17)16-13(15(19)22-4)7-8-14(18)21-3/h13H,5-11H2,1-4H3,(H,16,20)/t13-,23?/m0/s1. The van der Waals surface area contributed by atoms with Gasteiger partial charge in [0.2, 0.25) is 6.49 Å². The summed E-state index contributed by atoms with van der Waals surface area (Å²) in [7, 11) is 2.53. The highest BCUT2D eigenvalue weighted by molar-refractivity contribution is 8.57. The third-order valence-electron chi connectivity index (χ3n) is 3.20. The van der Waals surface area contributed by atoms with Gasteiger partial charge in [0.1, 0.15) is 6.04 Å². The molecule has 0 rings (SSSR count). The topological polar surface area (TPSA) is 98.8 Å². The van der Waals surface area contributed by atoms with Crippen LogP contribution in [-0.2, 0) is 28.4 Å². The average molecular weight is 413 g/mol. The Morgan fingerprint density at radius 2 is 1.84 bits per heavy atom. The number of hydrogen-bond donors (Lipinski definition) is 1. The van der Waals surface area contributed by atoms with Gasteiger partial charge >= 0.3 is 11.9 Å². The molecule has 1 N–H and O–H groups in total. The van der Waals surface area contributed by atoms with Crippen molar-refractivity contribution in [3.8, 4) is 0 Å². The number of nitrogens with one attached hydrogen (secondary N) is 1. The van der Waals surface area contributed by atoms with E-state index in [1.165, 1.54) is 44.3 Å². The Kier molecular flexibility index (Phi) is 13.4. The van der Waals surface area contributed by atoms with Gasteiger partial charge in [0.05, 0.1) is 14.2 Å². The van der Waals surface area contributed by atoms with Crippen LogP contribution in [0.1, 0.15) is 39.5 Å². The lowest BCUT2D eigenvalue weighted by Gasteiger charge is -2.24. The van der Waals surface area contributed by atoms with Crippen molar-refractivity contribution in [2.75, 3.05) is 31.9 Å². The highest BCUT2D eigenvalue weighted by Crippen LogP contribution is 2.56. The summed E-state index contributed by atoms with van der Waals surface area (Å²) in [5.74, 6) is 0.0929. The van der Waals surface area contributed by atoms with Crippen LogP contribution < -0.4 is 5.09 Å². The van der Waals surface area contributed by atoms with Crippen LogP contribution in [0.25, 0.3) is 0 Å².